The van der Waals surface area contributed by atoms with Gasteiger partial charge in [0.05, 0.1) is 12.6 Å². The van der Waals surface area contributed by atoms with E-state index in [1.807, 2.05) is 4.68 Å². The molecule has 1 aromatic rings. The Morgan fingerprint density at radius 3 is 2.60 bits per heavy atom. The van der Waals surface area contributed by atoms with Crippen LogP contribution in [0.5, 0.6) is 0 Å². The molecule has 0 spiro atoms. The van der Waals surface area contributed by atoms with Gasteiger partial charge in [0.15, 0.2) is 5.82 Å². The molecule has 2 rings (SSSR count). The van der Waals surface area contributed by atoms with E-state index in [4.69, 9.17) is 5.73 Å². The zero-order valence-corrected chi connectivity index (χ0v) is 9.86. The summed E-state index contributed by atoms with van der Waals surface area (Å²) < 4.78 is 1.93. The smallest absolute Gasteiger partial charge is 0.152 e. The van der Waals surface area contributed by atoms with Gasteiger partial charge in [-0.2, -0.15) is 0 Å². The molecule has 0 radical (unpaired) electrons. The van der Waals surface area contributed by atoms with E-state index >= 15 is 0 Å². The fourth-order valence-corrected chi connectivity index (χ4v) is 1.83. The first kappa shape index (κ1) is 10.4. The van der Waals surface area contributed by atoms with E-state index in [-0.39, 0.29) is 11.5 Å². The third-order valence-corrected chi connectivity index (χ3v) is 2.97. The summed E-state index contributed by atoms with van der Waals surface area (Å²) in [5.74, 6) is 1.08. The van der Waals surface area contributed by atoms with Crippen LogP contribution in [0.3, 0.4) is 0 Å². The second-order valence-electron chi connectivity index (χ2n) is 5.29. The maximum absolute atomic E-state index is 6.21. The molecule has 0 bridgehead atoms. The number of likely N-dealkylation sites (N-methyl/N-ethyl adjacent to an activating group) is 1. The van der Waals surface area contributed by atoms with E-state index < -0.39 is 0 Å². The second-order valence-corrected chi connectivity index (χ2v) is 5.29. The molecule has 15 heavy (non-hydrogen) atoms. The lowest BCUT2D eigenvalue weighted by molar-refractivity contribution is 0.321. The summed E-state index contributed by atoms with van der Waals surface area (Å²) >= 11 is 0. The Hall–Kier alpha value is -1.10. The first-order valence-electron chi connectivity index (χ1n) is 5.31. The maximum Gasteiger partial charge on any atom is 0.152 e. The summed E-state index contributed by atoms with van der Waals surface area (Å²) in [5, 5.41) is 8.33. The molecule has 1 atom stereocenters. The minimum absolute atomic E-state index is 0.0147. The minimum atomic E-state index is -0.0678. The molecule has 0 saturated carbocycles. The van der Waals surface area contributed by atoms with Gasteiger partial charge < -0.3 is 10.6 Å². The fraction of sp³-hybridized carbons (Fsp3) is 0.800. The van der Waals surface area contributed by atoms with Crippen LogP contribution in [0.2, 0.25) is 0 Å². The van der Waals surface area contributed by atoms with E-state index in [0.717, 1.165) is 24.6 Å². The number of hydrogen-bond donors (Lipinski definition) is 1. The third-order valence-electron chi connectivity index (χ3n) is 2.97. The number of nitrogens with zero attached hydrogens (tertiary/aromatic N) is 4. The molecule has 0 aliphatic carbocycles. The molecule has 2 heterocycles. The van der Waals surface area contributed by atoms with E-state index in [9.17, 15) is 0 Å². The van der Waals surface area contributed by atoms with Crippen molar-refractivity contribution in [3.05, 3.63) is 5.69 Å². The standard InChI is InChI=1S/C10H19N5/c1-10(2,3)8(11)7-9-14(4)5-6-15(9)13-12-7/h8H,5-6,11H2,1-4H3. The highest BCUT2D eigenvalue weighted by molar-refractivity contribution is 5.47. The Labute approximate surface area is 90.2 Å². The van der Waals surface area contributed by atoms with Crippen molar-refractivity contribution in [2.75, 3.05) is 18.5 Å². The van der Waals surface area contributed by atoms with Gasteiger partial charge in [0.1, 0.15) is 5.69 Å². The number of nitrogens with two attached hydrogens (primary N) is 1. The van der Waals surface area contributed by atoms with Crippen LogP contribution < -0.4 is 10.6 Å². The summed E-state index contributed by atoms with van der Waals surface area (Å²) in [5.41, 5.74) is 7.14. The number of rotatable bonds is 1. The van der Waals surface area contributed by atoms with Crippen molar-refractivity contribution in [1.29, 1.82) is 0 Å². The lowest BCUT2D eigenvalue weighted by Crippen LogP contribution is -2.28. The molecule has 5 heteroatoms. The second kappa shape index (κ2) is 3.20. The van der Waals surface area contributed by atoms with Gasteiger partial charge in [-0.15, -0.1) is 5.10 Å². The fourth-order valence-electron chi connectivity index (χ4n) is 1.83. The topological polar surface area (TPSA) is 60.0 Å². The van der Waals surface area contributed by atoms with Crippen LogP contribution >= 0.6 is 0 Å². The van der Waals surface area contributed by atoms with Gasteiger partial charge in [-0.25, -0.2) is 4.68 Å². The summed E-state index contributed by atoms with van der Waals surface area (Å²) in [6.45, 7) is 8.28. The summed E-state index contributed by atoms with van der Waals surface area (Å²) in [7, 11) is 2.06. The lowest BCUT2D eigenvalue weighted by Gasteiger charge is -2.26. The molecule has 5 nitrogen and oxygen atoms in total. The molecule has 1 aromatic heterocycles. The highest BCUT2D eigenvalue weighted by Gasteiger charge is 2.32. The molecule has 2 N–H and O–H groups in total. The van der Waals surface area contributed by atoms with Crippen LogP contribution in [0.1, 0.15) is 32.5 Å². The maximum atomic E-state index is 6.21. The largest absolute Gasteiger partial charge is 0.356 e. The normalized spacial score (nSPS) is 18.1. The Bertz CT molecular complexity index is 362. The van der Waals surface area contributed by atoms with Crippen LogP contribution in [0.15, 0.2) is 0 Å². The molecule has 0 fully saturated rings. The molecular formula is C10H19N5. The zero-order chi connectivity index (χ0) is 11.2. The molecule has 1 unspecified atom stereocenters. The number of anilines is 1. The monoisotopic (exact) mass is 209 g/mol. The van der Waals surface area contributed by atoms with Gasteiger partial charge in [-0.1, -0.05) is 26.0 Å². The van der Waals surface area contributed by atoms with Crippen molar-refractivity contribution in [3.63, 3.8) is 0 Å². The Morgan fingerprint density at radius 1 is 1.33 bits per heavy atom. The lowest BCUT2D eigenvalue weighted by atomic mass is 9.85. The SMILES string of the molecule is CN1CCn2nnc(C(N)C(C)(C)C)c21. The summed E-state index contributed by atoms with van der Waals surface area (Å²) in [6, 6.07) is -0.0678. The number of aromatic nitrogens is 3. The van der Waals surface area contributed by atoms with E-state index in [1.165, 1.54) is 0 Å². The van der Waals surface area contributed by atoms with Gasteiger partial charge in [0, 0.05) is 13.6 Å². The van der Waals surface area contributed by atoms with Crippen LogP contribution in [0.25, 0.3) is 0 Å². The van der Waals surface area contributed by atoms with Crippen LogP contribution in [-0.4, -0.2) is 28.6 Å². The summed E-state index contributed by atoms with van der Waals surface area (Å²) in [6.07, 6.45) is 0. The third kappa shape index (κ3) is 1.61. The zero-order valence-electron chi connectivity index (χ0n) is 9.86. The van der Waals surface area contributed by atoms with E-state index in [1.54, 1.807) is 0 Å². The van der Waals surface area contributed by atoms with Crippen molar-refractivity contribution in [1.82, 2.24) is 15.0 Å². The molecule has 0 saturated heterocycles. The van der Waals surface area contributed by atoms with E-state index in [0.29, 0.717) is 0 Å². The van der Waals surface area contributed by atoms with Gasteiger partial charge in [-0.05, 0) is 5.41 Å². The highest BCUT2D eigenvalue weighted by Crippen LogP contribution is 2.35. The molecular weight excluding hydrogens is 190 g/mol. The summed E-state index contributed by atoms with van der Waals surface area (Å²) in [4.78, 5) is 2.17. The van der Waals surface area contributed by atoms with Crippen molar-refractivity contribution >= 4 is 5.82 Å². The van der Waals surface area contributed by atoms with E-state index in [2.05, 4.69) is 43.0 Å². The van der Waals surface area contributed by atoms with Crippen molar-refractivity contribution in [2.45, 2.75) is 33.4 Å². The first-order valence-corrected chi connectivity index (χ1v) is 5.31. The van der Waals surface area contributed by atoms with Crippen LogP contribution in [0.4, 0.5) is 5.82 Å². The number of fused-ring (bicyclic) bond motifs is 1. The number of hydrogen-bond acceptors (Lipinski definition) is 4. The van der Waals surface area contributed by atoms with Gasteiger partial charge in [0.25, 0.3) is 0 Å². The molecule has 84 valence electrons. The van der Waals surface area contributed by atoms with Crippen molar-refractivity contribution < 1.29 is 0 Å². The van der Waals surface area contributed by atoms with Gasteiger partial charge in [-0.3, -0.25) is 0 Å². The average molecular weight is 209 g/mol. The van der Waals surface area contributed by atoms with Crippen LogP contribution in [0, 0.1) is 5.41 Å². The molecule has 1 aliphatic heterocycles. The van der Waals surface area contributed by atoms with Crippen LogP contribution in [-0.2, 0) is 6.54 Å². The Kier molecular flexibility index (Phi) is 2.22. The molecule has 0 aromatic carbocycles. The van der Waals surface area contributed by atoms with Crippen molar-refractivity contribution in [2.24, 2.45) is 11.1 Å². The highest BCUT2D eigenvalue weighted by atomic mass is 15.5. The minimum Gasteiger partial charge on any atom is -0.356 e. The molecule has 1 aliphatic rings. The Balaban J connectivity index is 2.38. The average Bonchev–Trinajstić information content (AvgIpc) is 2.66. The first-order chi connectivity index (χ1) is 6.91. The quantitative estimate of drug-likeness (QED) is 0.742. The van der Waals surface area contributed by atoms with Crippen molar-refractivity contribution in [3.8, 4) is 0 Å². The van der Waals surface area contributed by atoms with Gasteiger partial charge >= 0.3 is 0 Å². The predicted octanol–water partition coefficient (Wildman–Crippen LogP) is 0.774. The molecule has 0 amide bonds. The van der Waals surface area contributed by atoms with Gasteiger partial charge in [0.2, 0.25) is 0 Å². The predicted molar refractivity (Wildman–Crippen MR) is 59.7 cm³/mol. The Morgan fingerprint density at radius 2 is 2.00 bits per heavy atom.